The van der Waals surface area contributed by atoms with Gasteiger partial charge in [0.1, 0.15) is 11.5 Å². The van der Waals surface area contributed by atoms with Crippen LogP contribution < -0.4 is 0 Å². The Morgan fingerprint density at radius 1 is 0.639 bits per heavy atom. The van der Waals surface area contributed by atoms with Gasteiger partial charge in [-0.1, -0.05) is 53.7 Å². The molecule has 0 fully saturated rings. The lowest BCUT2D eigenvalue weighted by Gasteiger charge is -2.22. The molecule has 5 heteroatoms. The highest BCUT2D eigenvalue weighted by Crippen LogP contribution is 2.38. The summed E-state index contributed by atoms with van der Waals surface area (Å²) in [5, 5.41) is 20.9. The smallest absolute Gasteiger partial charge is 0.226 e. The Bertz CT molecular complexity index is 1350. The Kier molecular flexibility index (Phi) is 6.16. The van der Waals surface area contributed by atoms with Gasteiger partial charge >= 0.3 is 0 Å². The van der Waals surface area contributed by atoms with Crippen molar-refractivity contribution in [1.82, 2.24) is 9.13 Å². The molecule has 2 heterocycles. The number of hydrogen-bond acceptors (Lipinski definition) is 3. The van der Waals surface area contributed by atoms with E-state index in [1.54, 1.807) is 12.1 Å². The lowest BCUT2D eigenvalue weighted by atomic mass is 9.84. The van der Waals surface area contributed by atoms with Crippen LogP contribution in [0.3, 0.4) is 0 Å². The van der Waals surface area contributed by atoms with Crippen LogP contribution in [0.5, 0.6) is 11.5 Å². The highest BCUT2D eigenvalue weighted by molar-refractivity contribution is 6.14. The number of aromatic hydroxyl groups is 2. The van der Waals surface area contributed by atoms with Crippen molar-refractivity contribution in [2.45, 2.75) is 52.4 Å². The van der Waals surface area contributed by atoms with Gasteiger partial charge < -0.3 is 19.3 Å². The van der Waals surface area contributed by atoms with Crippen molar-refractivity contribution in [2.75, 3.05) is 0 Å². The van der Waals surface area contributed by atoms with Crippen LogP contribution in [0.4, 0.5) is 0 Å². The van der Waals surface area contributed by atoms with Crippen molar-refractivity contribution in [3.05, 3.63) is 83.4 Å². The molecule has 0 aliphatic carbocycles. The zero-order valence-corrected chi connectivity index (χ0v) is 22.5. The van der Waals surface area contributed by atoms with Crippen LogP contribution >= 0.6 is 0 Å². The van der Waals surface area contributed by atoms with E-state index in [0.717, 1.165) is 33.4 Å². The summed E-state index contributed by atoms with van der Waals surface area (Å²) in [6, 6.07) is 15.0. The second-order valence-corrected chi connectivity index (χ2v) is 11.7. The Hall–Kier alpha value is -3.73. The number of ketones is 1. The topological polar surface area (TPSA) is 67.4 Å². The van der Waals surface area contributed by atoms with Crippen molar-refractivity contribution >= 4 is 5.78 Å². The number of aromatic nitrogens is 2. The Balaban J connectivity index is 1.86. The van der Waals surface area contributed by atoms with Gasteiger partial charge in [0.15, 0.2) is 0 Å². The largest absolute Gasteiger partial charge is 0.508 e. The van der Waals surface area contributed by atoms with E-state index in [-0.39, 0.29) is 28.1 Å². The monoisotopic (exact) mass is 484 g/mol. The molecule has 0 amide bonds. The zero-order chi connectivity index (χ0) is 26.6. The number of rotatable bonds is 4. The lowest BCUT2D eigenvalue weighted by Crippen LogP contribution is -2.14. The fourth-order valence-corrected chi connectivity index (χ4v) is 4.81. The first kappa shape index (κ1) is 25.4. The van der Waals surface area contributed by atoms with E-state index in [1.807, 2.05) is 72.0 Å². The highest BCUT2D eigenvalue weighted by atomic mass is 16.3. The molecule has 0 spiro atoms. The minimum Gasteiger partial charge on any atom is -0.508 e. The van der Waals surface area contributed by atoms with Gasteiger partial charge in [0.25, 0.3) is 0 Å². The van der Waals surface area contributed by atoms with Crippen molar-refractivity contribution < 1.29 is 15.0 Å². The fraction of sp³-hybridized carbons (Fsp3) is 0.323. The van der Waals surface area contributed by atoms with Crippen molar-refractivity contribution in [2.24, 2.45) is 14.1 Å². The number of nitrogens with zero attached hydrogens (tertiary/aromatic N) is 2. The molecule has 0 aliphatic rings. The second-order valence-electron chi connectivity index (χ2n) is 11.7. The average Bonchev–Trinajstić information content (AvgIpc) is 3.35. The van der Waals surface area contributed by atoms with E-state index in [1.165, 1.54) is 0 Å². The number of phenols is 2. The predicted molar refractivity (Wildman–Crippen MR) is 146 cm³/mol. The molecule has 0 aliphatic heterocycles. The number of phenolic OH excluding ortho intramolecular Hbond substituents is 2. The van der Waals surface area contributed by atoms with Crippen molar-refractivity contribution in [3.8, 4) is 33.8 Å². The maximum absolute atomic E-state index is 14.2. The standard InChI is InChI=1S/C31H36N2O3/c1-30(2,3)23-17-19(9-11-25(23)34)21-13-15-32(7)27(21)29(36)28-22(14-16-33(28)8)20-10-12-26(35)24(18-20)31(4,5)6/h9-18,34-35H,1-8H3. The first-order valence-electron chi connectivity index (χ1n) is 12.2. The summed E-state index contributed by atoms with van der Waals surface area (Å²) < 4.78 is 3.71. The molecular formula is C31H36N2O3. The summed E-state index contributed by atoms with van der Waals surface area (Å²) in [7, 11) is 3.76. The van der Waals surface area contributed by atoms with Crippen LogP contribution in [0.2, 0.25) is 0 Å². The van der Waals surface area contributed by atoms with Gasteiger partial charge in [-0.15, -0.1) is 0 Å². The fourth-order valence-electron chi connectivity index (χ4n) is 4.81. The number of aryl methyl sites for hydroxylation is 2. The van der Waals surface area contributed by atoms with E-state index in [2.05, 4.69) is 41.5 Å². The first-order chi connectivity index (χ1) is 16.7. The van der Waals surface area contributed by atoms with Gasteiger partial charge in [-0.05, 0) is 69.5 Å². The molecule has 0 bridgehead atoms. The molecule has 5 nitrogen and oxygen atoms in total. The van der Waals surface area contributed by atoms with E-state index in [0.29, 0.717) is 11.4 Å². The Morgan fingerprint density at radius 2 is 1.00 bits per heavy atom. The predicted octanol–water partition coefficient (Wildman–Crippen LogP) is 6.93. The molecule has 0 saturated heterocycles. The number of benzene rings is 2. The minimum absolute atomic E-state index is 0.0873. The van der Waals surface area contributed by atoms with Gasteiger partial charge in [0.05, 0.1) is 11.4 Å². The summed E-state index contributed by atoms with van der Waals surface area (Å²) in [6.45, 7) is 12.3. The molecule has 0 atom stereocenters. The summed E-state index contributed by atoms with van der Waals surface area (Å²) in [5.41, 5.74) is 5.76. The number of hydrogen-bond donors (Lipinski definition) is 2. The summed E-state index contributed by atoms with van der Waals surface area (Å²) in [5.74, 6) is 0.416. The van der Waals surface area contributed by atoms with Crippen LogP contribution in [0.1, 0.15) is 68.9 Å². The van der Waals surface area contributed by atoms with Gasteiger partial charge in [-0.3, -0.25) is 4.79 Å². The quantitative estimate of drug-likeness (QED) is 0.309. The zero-order valence-electron chi connectivity index (χ0n) is 22.5. The number of carbonyl (C=O) groups is 1. The van der Waals surface area contributed by atoms with E-state index < -0.39 is 0 Å². The average molecular weight is 485 g/mol. The SMILES string of the molecule is Cn1ccc(-c2ccc(O)c(C(C)(C)C)c2)c1C(=O)c1c(-c2ccc(O)c(C(C)(C)C)c2)ccn1C. The van der Waals surface area contributed by atoms with Crippen LogP contribution in [-0.2, 0) is 24.9 Å². The molecule has 2 aromatic heterocycles. The van der Waals surface area contributed by atoms with Gasteiger partial charge in [-0.2, -0.15) is 0 Å². The third-order valence-electron chi connectivity index (χ3n) is 6.81. The van der Waals surface area contributed by atoms with E-state index in [4.69, 9.17) is 0 Å². The molecule has 36 heavy (non-hydrogen) atoms. The second kappa shape index (κ2) is 8.74. The molecule has 0 radical (unpaired) electrons. The summed E-state index contributed by atoms with van der Waals surface area (Å²) >= 11 is 0. The molecule has 4 aromatic rings. The maximum Gasteiger partial charge on any atom is 0.226 e. The molecule has 0 unspecified atom stereocenters. The van der Waals surface area contributed by atoms with Gasteiger partial charge in [0.2, 0.25) is 5.78 Å². The highest BCUT2D eigenvalue weighted by Gasteiger charge is 2.27. The van der Waals surface area contributed by atoms with Crippen LogP contribution in [0.15, 0.2) is 60.9 Å². The van der Waals surface area contributed by atoms with E-state index >= 15 is 0 Å². The molecule has 0 saturated carbocycles. The van der Waals surface area contributed by atoms with Crippen LogP contribution in [-0.4, -0.2) is 25.1 Å². The first-order valence-corrected chi connectivity index (χ1v) is 12.2. The Morgan fingerprint density at radius 3 is 1.33 bits per heavy atom. The molecule has 2 N–H and O–H groups in total. The van der Waals surface area contributed by atoms with Crippen molar-refractivity contribution in [3.63, 3.8) is 0 Å². The Labute approximate surface area is 213 Å². The van der Waals surface area contributed by atoms with Gasteiger partial charge in [0, 0.05) is 37.6 Å². The molecule has 2 aromatic carbocycles. The molecular weight excluding hydrogens is 448 g/mol. The van der Waals surface area contributed by atoms with Gasteiger partial charge in [-0.25, -0.2) is 0 Å². The van der Waals surface area contributed by atoms with E-state index in [9.17, 15) is 15.0 Å². The molecule has 4 rings (SSSR count). The number of carbonyl (C=O) groups excluding carboxylic acids is 1. The molecule has 188 valence electrons. The normalized spacial score (nSPS) is 12.2. The van der Waals surface area contributed by atoms with Crippen molar-refractivity contribution in [1.29, 1.82) is 0 Å². The van der Waals surface area contributed by atoms with Crippen LogP contribution in [0.25, 0.3) is 22.3 Å². The summed E-state index contributed by atoms with van der Waals surface area (Å²) in [6.07, 6.45) is 3.79. The maximum atomic E-state index is 14.2. The third kappa shape index (κ3) is 4.46. The van der Waals surface area contributed by atoms with Crippen LogP contribution in [0, 0.1) is 0 Å². The third-order valence-corrected chi connectivity index (χ3v) is 6.81. The minimum atomic E-state index is -0.242. The summed E-state index contributed by atoms with van der Waals surface area (Å²) in [4.78, 5) is 14.2. The lowest BCUT2D eigenvalue weighted by molar-refractivity contribution is 0.102.